The molecule has 0 spiro atoms. The van der Waals surface area contributed by atoms with E-state index in [1.54, 1.807) is 28.3 Å². The Balaban J connectivity index is 3.17. The lowest BCUT2D eigenvalue weighted by molar-refractivity contribution is 0.385. The van der Waals surface area contributed by atoms with Crippen LogP contribution in [-0.2, 0) is 0 Å². The van der Waals surface area contributed by atoms with Gasteiger partial charge in [-0.2, -0.15) is 4.98 Å². The van der Waals surface area contributed by atoms with Crippen LogP contribution in [0.15, 0.2) is 17.1 Å². The van der Waals surface area contributed by atoms with Gasteiger partial charge in [0.1, 0.15) is 0 Å². The average molecular weight is 253 g/mol. The largest absolute Gasteiger partial charge is 0.358 e. The lowest BCUT2D eigenvalue weighted by Crippen LogP contribution is -2.16. The first-order chi connectivity index (χ1) is 4.74. The average Bonchev–Trinajstić information content (AvgIpc) is 1.95. The van der Waals surface area contributed by atoms with E-state index in [-0.39, 0.29) is 5.82 Å². The summed E-state index contributed by atoms with van der Waals surface area (Å²) in [6.07, 6.45) is 1.49. The predicted octanol–water partition coefficient (Wildman–Crippen LogP) is 0.243. The molecule has 0 aliphatic heterocycles. The highest BCUT2D eigenvalue weighted by molar-refractivity contribution is 14.1. The quantitative estimate of drug-likeness (QED) is 0.555. The molecule has 0 aliphatic rings. The normalized spacial score (nSPS) is 9.40. The number of anilines is 1. The molecule has 0 amide bonds. The van der Waals surface area contributed by atoms with Crippen molar-refractivity contribution in [1.82, 2.24) is 7.76 Å². The molecular formula is C4H4IN3O2. The molecule has 0 saturated heterocycles. The third-order valence-electron chi connectivity index (χ3n) is 0.877. The standard InChI is InChI=1S/C4H4IN3O2/c5-8-2-1-3(7-10)6-4(8)9/h1-2,10H,(H,6,7,9). The van der Waals surface area contributed by atoms with Crippen molar-refractivity contribution >= 4 is 28.7 Å². The molecule has 0 unspecified atom stereocenters. The Morgan fingerprint density at radius 3 is 3.00 bits per heavy atom. The summed E-state index contributed by atoms with van der Waals surface area (Å²) in [5.41, 5.74) is 1.35. The van der Waals surface area contributed by atoms with E-state index >= 15 is 0 Å². The molecule has 54 valence electrons. The maximum absolute atomic E-state index is 10.7. The summed E-state index contributed by atoms with van der Waals surface area (Å²) in [4.78, 5) is 14.1. The van der Waals surface area contributed by atoms with E-state index in [0.717, 1.165) is 0 Å². The first-order valence-corrected chi connectivity index (χ1v) is 3.36. The van der Waals surface area contributed by atoms with Crippen LogP contribution in [0.5, 0.6) is 0 Å². The van der Waals surface area contributed by atoms with Gasteiger partial charge in [0.05, 0.1) is 22.9 Å². The second kappa shape index (κ2) is 2.97. The number of halogens is 1. The number of aromatic nitrogens is 2. The smallest absolute Gasteiger partial charge is 0.290 e. The molecule has 0 fully saturated rings. The Bertz CT molecular complexity index is 284. The fourth-order valence-electron chi connectivity index (χ4n) is 0.450. The van der Waals surface area contributed by atoms with Gasteiger partial charge in [0, 0.05) is 6.20 Å². The van der Waals surface area contributed by atoms with Crippen LogP contribution in [0.4, 0.5) is 5.82 Å². The van der Waals surface area contributed by atoms with Crippen LogP contribution in [0.25, 0.3) is 0 Å². The summed E-state index contributed by atoms with van der Waals surface area (Å²) < 4.78 is 1.28. The number of hydrogen-bond acceptors (Lipinski definition) is 4. The number of nitrogens with one attached hydrogen (secondary N) is 1. The van der Waals surface area contributed by atoms with Crippen molar-refractivity contribution < 1.29 is 5.21 Å². The van der Waals surface area contributed by atoms with Crippen molar-refractivity contribution in [3.63, 3.8) is 0 Å². The van der Waals surface area contributed by atoms with Gasteiger partial charge in [-0.25, -0.2) is 7.58 Å². The zero-order valence-electron chi connectivity index (χ0n) is 4.78. The molecule has 5 nitrogen and oxygen atoms in total. The molecule has 1 rings (SSSR count). The van der Waals surface area contributed by atoms with Gasteiger partial charge in [-0.3, -0.25) is 10.7 Å². The van der Waals surface area contributed by atoms with Crippen LogP contribution in [0.3, 0.4) is 0 Å². The van der Waals surface area contributed by atoms with Gasteiger partial charge in [-0.15, -0.1) is 0 Å². The van der Waals surface area contributed by atoms with Crippen LogP contribution >= 0.6 is 22.9 Å². The van der Waals surface area contributed by atoms with Crippen LogP contribution in [-0.4, -0.2) is 13.0 Å². The summed E-state index contributed by atoms with van der Waals surface area (Å²) in [7, 11) is 0. The van der Waals surface area contributed by atoms with Gasteiger partial charge in [-0.05, 0) is 6.07 Å². The van der Waals surface area contributed by atoms with Gasteiger partial charge >= 0.3 is 5.69 Å². The van der Waals surface area contributed by atoms with Gasteiger partial charge in [0.2, 0.25) is 0 Å². The molecule has 1 aromatic heterocycles. The number of nitrogens with zero attached hydrogens (tertiary/aromatic N) is 2. The van der Waals surface area contributed by atoms with E-state index in [1.165, 1.54) is 15.0 Å². The molecule has 2 N–H and O–H groups in total. The Hall–Kier alpha value is -0.630. The lowest BCUT2D eigenvalue weighted by atomic mass is 10.6. The molecular weight excluding hydrogens is 249 g/mol. The third kappa shape index (κ3) is 1.45. The zero-order chi connectivity index (χ0) is 7.56. The molecule has 0 saturated carbocycles. The van der Waals surface area contributed by atoms with Crippen molar-refractivity contribution in [2.45, 2.75) is 0 Å². The van der Waals surface area contributed by atoms with Crippen LogP contribution in [0, 0.1) is 0 Å². The molecule has 0 radical (unpaired) electrons. The van der Waals surface area contributed by atoms with Gasteiger partial charge in [-0.1, -0.05) is 0 Å². The minimum Gasteiger partial charge on any atom is -0.290 e. The van der Waals surface area contributed by atoms with Crippen LogP contribution in [0.1, 0.15) is 0 Å². The van der Waals surface area contributed by atoms with Crippen molar-refractivity contribution in [1.29, 1.82) is 0 Å². The molecule has 1 heterocycles. The van der Waals surface area contributed by atoms with E-state index in [9.17, 15) is 4.79 Å². The summed E-state index contributed by atoms with van der Waals surface area (Å²) >= 11 is 1.79. The number of hydrogen-bond donors (Lipinski definition) is 2. The summed E-state index contributed by atoms with van der Waals surface area (Å²) in [6.45, 7) is 0. The van der Waals surface area contributed by atoms with Crippen LogP contribution < -0.4 is 11.2 Å². The fourth-order valence-corrected chi connectivity index (χ4v) is 0.719. The van der Waals surface area contributed by atoms with E-state index in [2.05, 4.69) is 4.98 Å². The topological polar surface area (TPSA) is 67.2 Å². The predicted molar refractivity (Wildman–Crippen MR) is 43.3 cm³/mol. The van der Waals surface area contributed by atoms with Gasteiger partial charge in [0.15, 0.2) is 5.82 Å². The molecule has 0 aromatic carbocycles. The Morgan fingerprint density at radius 1 is 1.80 bits per heavy atom. The molecule has 6 heteroatoms. The summed E-state index contributed by atoms with van der Waals surface area (Å²) in [6, 6.07) is 1.48. The zero-order valence-corrected chi connectivity index (χ0v) is 6.94. The maximum Gasteiger partial charge on any atom is 0.358 e. The van der Waals surface area contributed by atoms with Crippen LogP contribution in [0.2, 0.25) is 0 Å². The summed E-state index contributed by atoms with van der Waals surface area (Å²) in [5, 5.41) is 8.29. The maximum atomic E-state index is 10.7. The van der Waals surface area contributed by atoms with Crippen molar-refractivity contribution in [2.75, 3.05) is 5.48 Å². The monoisotopic (exact) mass is 253 g/mol. The molecule has 10 heavy (non-hydrogen) atoms. The molecule has 0 bridgehead atoms. The lowest BCUT2D eigenvalue weighted by Gasteiger charge is -1.95. The Morgan fingerprint density at radius 2 is 2.50 bits per heavy atom. The van der Waals surface area contributed by atoms with E-state index in [0.29, 0.717) is 0 Å². The summed E-state index contributed by atoms with van der Waals surface area (Å²) in [5.74, 6) is 0.151. The third-order valence-corrected chi connectivity index (χ3v) is 1.61. The Kier molecular flexibility index (Phi) is 2.22. The van der Waals surface area contributed by atoms with Crippen molar-refractivity contribution in [3.05, 3.63) is 22.7 Å². The minimum atomic E-state index is -0.417. The molecule has 0 atom stereocenters. The second-order valence-electron chi connectivity index (χ2n) is 1.52. The number of rotatable bonds is 1. The first-order valence-electron chi connectivity index (χ1n) is 2.40. The van der Waals surface area contributed by atoms with Crippen molar-refractivity contribution in [3.8, 4) is 0 Å². The minimum absolute atomic E-state index is 0.151. The van der Waals surface area contributed by atoms with E-state index in [1.807, 2.05) is 0 Å². The van der Waals surface area contributed by atoms with Gasteiger partial charge < -0.3 is 0 Å². The van der Waals surface area contributed by atoms with Crippen molar-refractivity contribution in [2.24, 2.45) is 0 Å². The SMILES string of the molecule is O=c1nc(NO)ccn1I. The Labute approximate surface area is 70.2 Å². The highest BCUT2D eigenvalue weighted by Crippen LogP contribution is 1.95. The second-order valence-corrected chi connectivity index (χ2v) is 2.56. The van der Waals surface area contributed by atoms with E-state index < -0.39 is 5.69 Å². The highest BCUT2D eigenvalue weighted by atomic mass is 127. The fraction of sp³-hybridized carbons (Fsp3) is 0. The van der Waals surface area contributed by atoms with Gasteiger partial charge in [0.25, 0.3) is 0 Å². The van der Waals surface area contributed by atoms with E-state index in [4.69, 9.17) is 5.21 Å². The first kappa shape index (κ1) is 7.48. The highest BCUT2D eigenvalue weighted by Gasteiger charge is 1.93. The molecule has 0 aliphatic carbocycles. The molecule has 1 aromatic rings.